The Labute approximate surface area is 828 Å². The molecule has 7 rings (SSSR count). The van der Waals surface area contributed by atoms with E-state index in [1.54, 1.807) is 102 Å². The van der Waals surface area contributed by atoms with Crippen LogP contribution in [0.5, 0.6) is 0 Å². The molecule has 4 aliphatic heterocycles. The molecule has 0 spiro atoms. The Bertz CT molecular complexity index is 5140. The summed E-state index contributed by atoms with van der Waals surface area (Å²) in [6, 6.07) is -10.1. The van der Waals surface area contributed by atoms with Crippen LogP contribution in [0.25, 0.3) is 10.9 Å². The number of aliphatic hydroxyl groups excluding tert-OH is 4. The van der Waals surface area contributed by atoms with Gasteiger partial charge in [-0.2, -0.15) is 0 Å². The molecule has 5 heterocycles. The first kappa shape index (κ1) is 117. The number of rotatable bonds is 55. The van der Waals surface area contributed by atoms with Gasteiger partial charge in [-0.3, -0.25) is 110 Å². The second-order valence-electron chi connectivity index (χ2n) is 37.2. The number of hydrogen-bond acceptors (Lipinski definition) is 28. The van der Waals surface area contributed by atoms with E-state index in [9.17, 15) is 131 Å². The number of aliphatic carboxylic acids is 1. The summed E-state index contributed by atoms with van der Waals surface area (Å²) in [6.45, 7) is 7.10. The number of nitrogens with zero attached hydrogens (tertiary/aromatic N) is 4. The predicted molar refractivity (Wildman–Crippen MR) is 507 cm³/mol. The van der Waals surface area contributed by atoms with Gasteiger partial charge < -0.3 is 153 Å². The average molecular weight is 2030 g/mol. The Balaban J connectivity index is 0.914. The van der Waals surface area contributed by atoms with Gasteiger partial charge >= 0.3 is 5.97 Å². The van der Waals surface area contributed by atoms with Crippen molar-refractivity contribution in [2.75, 3.05) is 65.6 Å². The normalized spacial score (nSPS) is 18.4. The number of aromatic nitrogens is 1. The standard InChI is InChI=1S/C92H136N24O28/c1-45(2)32-56(105-82(134)59(35-51-38-97-54-21-13-12-20-52(51)54)106-79(131)55(26-27-68(94)121)102-89(141)74(47(5)6)111-83(135)58(34-50-18-10-9-11-19-50)103-77(129)53(93)36-73(126)127)80(132)104-57(33-46(3)4)81(133)107-60(37-69(95)122)84(136)112-75(49(8)120)88(140)100-39-70(123)98-41-72(125)113-28-14-22-64(113)86(138)110-63(44-119)85(137)109-62(43-118)78(130)99-40-71(124)101-48(7)90(142)115-30-16-24-66(115)92(144)116-31-17-25-67(116)91(143)114-29-15-23-65(114)87(139)108-61(42-117)76(96)128/h9-13,18-21,38,45-49,53,55-67,74-75,97,117-120H,14-17,22-37,39-44,93H2,1-8H3,(H2,94,121)(H2,95,122)(H2,96,128)(H,98,123)(H,99,130)(H,100,140)(H,101,124)(H,102,141)(H,103,129)(H,104,132)(H,105,134)(H,106,131)(H,107,133)(H,108,139)(H,109,137)(H,110,138)(H,111,135)(H,112,136)(H,126,127)/t48-,49+,53-,55-,56-,57-,58-,59-,60-,61-,62-,63-,64-,65-,66-,67-,74-,75-/m0/s1. The van der Waals surface area contributed by atoms with Gasteiger partial charge in [0, 0.05) is 62.5 Å². The van der Waals surface area contributed by atoms with Gasteiger partial charge in [-0.15, -0.1) is 0 Å². The van der Waals surface area contributed by atoms with Crippen LogP contribution in [-0.4, -0.2) is 360 Å². The van der Waals surface area contributed by atoms with Gasteiger partial charge in [-0.25, -0.2) is 0 Å². The minimum Gasteiger partial charge on any atom is -0.481 e. The number of nitrogens with one attached hydrogen (secondary N) is 16. The summed E-state index contributed by atoms with van der Waals surface area (Å²) in [5, 5.41) is 86.7. The van der Waals surface area contributed by atoms with Crippen LogP contribution >= 0.6 is 0 Å². The maximum atomic E-state index is 15.0. The van der Waals surface area contributed by atoms with Crippen LogP contribution in [0.4, 0.5) is 0 Å². The molecule has 29 N–H and O–H groups in total. The van der Waals surface area contributed by atoms with Crippen LogP contribution in [0.15, 0.2) is 60.8 Å². The lowest BCUT2D eigenvalue weighted by atomic mass is 9.98. The van der Waals surface area contributed by atoms with E-state index in [1.807, 2.05) is 0 Å². The third kappa shape index (κ3) is 34.5. The van der Waals surface area contributed by atoms with Crippen LogP contribution in [-0.2, 0) is 123 Å². The van der Waals surface area contributed by atoms with Gasteiger partial charge in [0.1, 0.15) is 96.7 Å². The number of primary amides is 3. The van der Waals surface area contributed by atoms with E-state index in [0.717, 1.165) is 11.8 Å². The van der Waals surface area contributed by atoms with Crippen LogP contribution < -0.4 is 103 Å². The van der Waals surface area contributed by atoms with Crippen molar-refractivity contribution in [1.29, 1.82) is 0 Å². The van der Waals surface area contributed by atoms with E-state index in [1.165, 1.54) is 21.6 Å². The summed E-state index contributed by atoms with van der Waals surface area (Å²) in [7, 11) is 0. The van der Waals surface area contributed by atoms with E-state index in [-0.39, 0.29) is 84.0 Å². The molecule has 22 amide bonds. The number of aromatic amines is 1. The summed E-state index contributed by atoms with van der Waals surface area (Å²) < 4.78 is 0. The first-order chi connectivity index (χ1) is 68.1. The lowest BCUT2D eigenvalue weighted by molar-refractivity contribution is -0.151. The van der Waals surface area contributed by atoms with Crippen molar-refractivity contribution >= 4 is 147 Å². The minimum atomic E-state index is -1.95. The first-order valence-corrected chi connectivity index (χ1v) is 47.7. The van der Waals surface area contributed by atoms with Gasteiger partial charge in [-0.05, 0) is 119 Å². The maximum absolute atomic E-state index is 15.0. The molecule has 0 bridgehead atoms. The van der Waals surface area contributed by atoms with Gasteiger partial charge in [0.15, 0.2) is 0 Å². The van der Waals surface area contributed by atoms with Crippen molar-refractivity contribution < 1.29 is 136 Å². The predicted octanol–water partition coefficient (Wildman–Crippen LogP) is -10.4. The van der Waals surface area contributed by atoms with E-state index < -0.39 is 328 Å². The summed E-state index contributed by atoms with van der Waals surface area (Å²) in [6.07, 6.45) is -1.50. The van der Waals surface area contributed by atoms with Crippen LogP contribution in [0.3, 0.4) is 0 Å². The van der Waals surface area contributed by atoms with E-state index in [2.05, 4.69) is 84.7 Å². The first-order valence-electron chi connectivity index (χ1n) is 47.7. The summed E-state index contributed by atoms with van der Waals surface area (Å²) in [4.78, 5) is 321. The molecule has 18 atom stereocenters. The van der Waals surface area contributed by atoms with Crippen molar-refractivity contribution in [1.82, 2.24) is 104 Å². The Morgan fingerprint density at radius 1 is 0.410 bits per heavy atom. The fourth-order valence-corrected chi connectivity index (χ4v) is 17.0. The molecule has 792 valence electrons. The van der Waals surface area contributed by atoms with Crippen LogP contribution in [0, 0.1) is 17.8 Å². The van der Waals surface area contributed by atoms with Crippen molar-refractivity contribution in [3.8, 4) is 0 Å². The molecule has 4 fully saturated rings. The third-order valence-electron chi connectivity index (χ3n) is 24.6. The zero-order valence-corrected chi connectivity index (χ0v) is 81.5. The molecule has 52 nitrogen and oxygen atoms in total. The Kier molecular flexibility index (Phi) is 45.2. The lowest BCUT2D eigenvalue weighted by Gasteiger charge is -2.34. The molecule has 144 heavy (non-hydrogen) atoms. The highest BCUT2D eigenvalue weighted by Gasteiger charge is 2.48. The zero-order valence-electron chi connectivity index (χ0n) is 81.5. The number of benzene rings is 2. The molecule has 1 aromatic heterocycles. The minimum absolute atomic E-state index is 0.00134. The SMILES string of the molecule is CC(C)C[C@H](NC(=O)[C@H](Cc1c[nH]c2ccccc12)NC(=O)[C@H](CCC(N)=O)NC(=O)[C@@H](NC(=O)[C@H](Cc1ccccc1)NC(=O)[C@@H](N)CC(=O)O)C(C)C)C(=O)N[C@@H](CC(C)C)C(=O)N[C@@H](CC(N)=O)C(=O)N[C@H](C(=O)NCC(=O)NCC(=O)N1CCC[C@H]1C(=O)N[C@@H](CO)C(=O)N[C@@H](CO)C(=O)NCC(=O)N[C@@H](C)C(=O)N1CCC[C@H]1C(=O)N1CCC[C@H]1C(=O)N1CCC[C@H]1C(=O)N[C@@H](CO)C(N)=O)[C@@H](C)O. The number of carbonyl (C=O) groups is 23. The Morgan fingerprint density at radius 3 is 1.40 bits per heavy atom. The number of likely N-dealkylation sites (tertiary alicyclic amines) is 4. The number of nitrogens with two attached hydrogens (primary N) is 4. The average Bonchev–Trinajstić information content (AvgIpc) is 1.64. The number of aliphatic hydroxyl groups is 4. The highest BCUT2D eigenvalue weighted by atomic mass is 16.4. The maximum Gasteiger partial charge on any atom is 0.305 e. The number of carboxylic acid groups (broad SMARTS) is 1. The number of amides is 22. The molecular weight excluding hydrogens is 1890 g/mol. The number of fused-ring (bicyclic) bond motifs is 1. The monoisotopic (exact) mass is 2020 g/mol. The second kappa shape index (κ2) is 55.9. The highest BCUT2D eigenvalue weighted by Crippen LogP contribution is 2.30. The quantitative estimate of drug-likeness (QED) is 0.0250. The van der Waals surface area contributed by atoms with E-state index in [0.29, 0.717) is 41.3 Å². The van der Waals surface area contributed by atoms with Gasteiger partial charge in [0.2, 0.25) is 130 Å². The molecule has 0 radical (unpaired) electrons. The van der Waals surface area contributed by atoms with Gasteiger partial charge in [0.25, 0.3) is 0 Å². The highest BCUT2D eigenvalue weighted by molar-refractivity contribution is 6.03. The number of carboxylic acids is 1. The molecular formula is C92H136N24O28. The molecule has 2 aromatic carbocycles. The fourth-order valence-electron chi connectivity index (χ4n) is 17.0. The fraction of sp³-hybridized carbons (Fsp3) is 0.598. The summed E-state index contributed by atoms with van der Waals surface area (Å²) in [5.74, 6) is -24.1. The van der Waals surface area contributed by atoms with Crippen molar-refractivity contribution in [3.05, 3.63) is 71.9 Å². The number of para-hydroxylation sites is 1. The molecule has 0 aliphatic carbocycles. The van der Waals surface area contributed by atoms with E-state index in [4.69, 9.17) is 22.9 Å². The van der Waals surface area contributed by atoms with Crippen LogP contribution in [0.1, 0.15) is 156 Å². The molecule has 4 aliphatic rings. The van der Waals surface area contributed by atoms with Crippen molar-refractivity contribution in [2.45, 2.75) is 267 Å². The van der Waals surface area contributed by atoms with Crippen molar-refractivity contribution in [3.63, 3.8) is 0 Å². The second-order valence-corrected chi connectivity index (χ2v) is 37.2. The molecule has 4 saturated heterocycles. The molecule has 0 unspecified atom stereocenters. The Hall–Kier alpha value is -14.4. The van der Waals surface area contributed by atoms with Crippen molar-refractivity contribution in [2.24, 2.45) is 40.7 Å². The number of hydrogen-bond donors (Lipinski definition) is 25. The van der Waals surface area contributed by atoms with Gasteiger partial charge in [-0.1, -0.05) is 90.1 Å². The molecule has 3 aromatic rings. The smallest absolute Gasteiger partial charge is 0.305 e. The van der Waals surface area contributed by atoms with Crippen LogP contribution in [0.2, 0.25) is 0 Å². The largest absolute Gasteiger partial charge is 0.481 e. The molecule has 52 heteroatoms. The zero-order chi connectivity index (χ0) is 107. The number of H-pyrrole nitrogens is 1. The van der Waals surface area contributed by atoms with Gasteiger partial charge in [0.05, 0.1) is 64.4 Å². The summed E-state index contributed by atoms with van der Waals surface area (Å²) >= 11 is 0. The lowest BCUT2D eigenvalue weighted by Crippen LogP contribution is -2.62. The molecule has 0 saturated carbocycles. The van der Waals surface area contributed by atoms with E-state index >= 15 is 4.79 Å². The Morgan fingerprint density at radius 2 is 0.847 bits per heavy atom. The topological polar surface area (TPSA) is 807 Å². The third-order valence-corrected chi connectivity index (χ3v) is 24.6. The number of carbonyl (C=O) groups excluding carboxylic acids is 22. The summed E-state index contributed by atoms with van der Waals surface area (Å²) in [5.41, 5.74) is 23.9.